The van der Waals surface area contributed by atoms with Crippen LogP contribution in [0.25, 0.3) is 11.3 Å². The maximum Gasteiger partial charge on any atom is 0.236 e. The highest BCUT2D eigenvalue weighted by atomic mass is 35.5. The minimum Gasteiger partial charge on any atom is -0.359 e. The predicted octanol–water partition coefficient (Wildman–Crippen LogP) is 3.13. The van der Waals surface area contributed by atoms with Gasteiger partial charge in [-0.15, -0.1) is 0 Å². The lowest BCUT2D eigenvalue weighted by molar-refractivity contribution is -0.131. The molecule has 2 fully saturated rings. The average Bonchev–Trinajstić information content (AvgIpc) is 3.34. The summed E-state index contributed by atoms with van der Waals surface area (Å²) in [4.78, 5) is 19.1. The Morgan fingerprint density at radius 1 is 0.964 bits per heavy atom. The fourth-order valence-corrected chi connectivity index (χ4v) is 4.09. The second-order valence-corrected chi connectivity index (χ2v) is 8.12. The molecule has 1 aromatic heterocycles. The molecule has 2 saturated heterocycles. The first kappa shape index (κ1) is 19.4. The molecule has 4 rings (SSSR count). The van der Waals surface area contributed by atoms with E-state index in [0.717, 1.165) is 82.1 Å². The van der Waals surface area contributed by atoms with E-state index in [-0.39, 0.29) is 5.91 Å². The summed E-state index contributed by atoms with van der Waals surface area (Å²) in [5.41, 5.74) is 1.83. The first-order chi connectivity index (χ1) is 13.7. The van der Waals surface area contributed by atoms with E-state index in [1.807, 2.05) is 35.2 Å². The quantitative estimate of drug-likeness (QED) is 0.769. The van der Waals surface area contributed by atoms with Crippen LogP contribution in [0.4, 0.5) is 0 Å². The largest absolute Gasteiger partial charge is 0.359 e. The zero-order valence-corrected chi connectivity index (χ0v) is 16.9. The number of likely N-dealkylation sites (tertiary alicyclic amines) is 1. The number of amides is 1. The number of carbonyl (C=O) groups is 1. The number of hydrogen-bond acceptors (Lipinski definition) is 5. The summed E-state index contributed by atoms with van der Waals surface area (Å²) in [6, 6.07) is 9.62. The third kappa shape index (κ3) is 4.93. The van der Waals surface area contributed by atoms with Gasteiger partial charge in [0.05, 0.1) is 13.1 Å². The van der Waals surface area contributed by atoms with E-state index in [2.05, 4.69) is 15.0 Å². The van der Waals surface area contributed by atoms with Crippen LogP contribution in [0.15, 0.2) is 34.9 Å². The van der Waals surface area contributed by atoms with Crippen LogP contribution in [0.1, 0.15) is 25.0 Å². The van der Waals surface area contributed by atoms with Gasteiger partial charge in [0.15, 0.2) is 5.76 Å². The van der Waals surface area contributed by atoms with E-state index in [4.69, 9.17) is 16.1 Å². The fourth-order valence-electron chi connectivity index (χ4n) is 3.96. The first-order valence-corrected chi connectivity index (χ1v) is 10.5. The SMILES string of the molecule is O=C(CN1CCCN(Cc2cc(-c3ccc(Cl)cc3)no2)CC1)N1CCCC1. The van der Waals surface area contributed by atoms with Crippen molar-refractivity contribution in [2.45, 2.75) is 25.8 Å². The third-order valence-electron chi connectivity index (χ3n) is 5.58. The zero-order valence-electron chi connectivity index (χ0n) is 16.1. The molecule has 1 amide bonds. The van der Waals surface area contributed by atoms with Crippen LogP contribution in [-0.4, -0.2) is 71.6 Å². The van der Waals surface area contributed by atoms with Gasteiger partial charge in [0.2, 0.25) is 5.91 Å². The van der Waals surface area contributed by atoms with Gasteiger partial charge >= 0.3 is 0 Å². The van der Waals surface area contributed by atoms with E-state index in [9.17, 15) is 4.79 Å². The second kappa shape index (κ2) is 9.07. The number of aromatic nitrogens is 1. The molecule has 0 unspecified atom stereocenters. The van der Waals surface area contributed by atoms with Gasteiger partial charge < -0.3 is 9.42 Å². The molecule has 0 spiro atoms. The summed E-state index contributed by atoms with van der Waals surface area (Å²) in [7, 11) is 0. The lowest BCUT2D eigenvalue weighted by atomic mass is 10.1. The molecule has 3 heterocycles. The molecule has 0 aliphatic carbocycles. The number of halogens is 1. The number of carbonyl (C=O) groups excluding carboxylic acids is 1. The van der Waals surface area contributed by atoms with Crippen molar-refractivity contribution in [2.24, 2.45) is 0 Å². The van der Waals surface area contributed by atoms with Crippen molar-refractivity contribution < 1.29 is 9.32 Å². The van der Waals surface area contributed by atoms with Crippen LogP contribution < -0.4 is 0 Å². The molecule has 2 aromatic rings. The molecule has 0 radical (unpaired) electrons. The minimum atomic E-state index is 0.286. The minimum absolute atomic E-state index is 0.286. The second-order valence-electron chi connectivity index (χ2n) is 7.68. The van der Waals surface area contributed by atoms with Crippen LogP contribution >= 0.6 is 11.6 Å². The van der Waals surface area contributed by atoms with E-state index in [1.165, 1.54) is 0 Å². The summed E-state index contributed by atoms with van der Waals surface area (Å²) < 4.78 is 5.55. The van der Waals surface area contributed by atoms with E-state index in [0.29, 0.717) is 11.6 Å². The highest BCUT2D eigenvalue weighted by Gasteiger charge is 2.22. The van der Waals surface area contributed by atoms with Crippen LogP contribution in [0.5, 0.6) is 0 Å². The Morgan fingerprint density at radius 2 is 1.68 bits per heavy atom. The lowest BCUT2D eigenvalue weighted by Crippen LogP contribution is -2.40. The van der Waals surface area contributed by atoms with Crippen molar-refractivity contribution in [3.63, 3.8) is 0 Å². The maximum atomic E-state index is 12.4. The fraction of sp³-hybridized carbons (Fsp3) is 0.524. The Bertz CT molecular complexity index is 786. The summed E-state index contributed by atoms with van der Waals surface area (Å²) >= 11 is 5.95. The summed E-state index contributed by atoms with van der Waals surface area (Å²) in [5.74, 6) is 1.15. The molecule has 1 aromatic carbocycles. The average molecular weight is 403 g/mol. The Labute approximate surface area is 171 Å². The van der Waals surface area contributed by atoms with Crippen LogP contribution in [0, 0.1) is 0 Å². The molecule has 150 valence electrons. The Balaban J connectivity index is 1.29. The first-order valence-electron chi connectivity index (χ1n) is 10.1. The molecular weight excluding hydrogens is 376 g/mol. The molecule has 6 nitrogen and oxygen atoms in total. The Kier molecular flexibility index (Phi) is 6.29. The molecule has 0 saturated carbocycles. The van der Waals surface area contributed by atoms with Gasteiger partial charge in [-0.05, 0) is 44.5 Å². The maximum absolute atomic E-state index is 12.4. The van der Waals surface area contributed by atoms with Gasteiger partial charge in [-0.25, -0.2) is 0 Å². The monoisotopic (exact) mass is 402 g/mol. The van der Waals surface area contributed by atoms with Crippen LogP contribution in [0.3, 0.4) is 0 Å². The van der Waals surface area contributed by atoms with Crippen molar-refractivity contribution in [3.8, 4) is 11.3 Å². The van der Waals surface area contributed by atoms with E-state index < -0.39 is 0 Å². The van der Waals surface area contributed by atoms with Crippen molar-refractivity contribution in [1.29, 1.82) is 0 Å². The summed E-state index contributed by atoms with van der Waals surface area (Å²) in [6.45, 7) is 6.99. The topological polar surface area (TPSA) is 52.8 Å². The Morgan fingerprint density at radius 3 is 2.46 bits per heavy atom. The van der Waals surface area contributed by atoms with E-state index >= 15 is 0 Å². The van der Waals surface area contributed by atoms with Gasteiger partial charge in [-0.2, -0.15) is 0 Å². The van der Waals surface area contributed by atoms with Crippen molar-refractivity contribution in [2.75, 3.05) is 45.8 Å². The third-order valence-corrected chi connectivity index (χ3v) is 5.83. The Hall–Kier alpha value is -1.89. The smallest absolute Gasteiger partial charge is 0.236 e. The van der Waals surface area contributed by atoms with Gasteiger partial charge in [0.1, 0.15) is 5.69 Å². The number of hydrogen-bond donors (Lipinski definition) is 0. The normalized spacial score (nSPS) is 19.1. The molecule has 2 aliphatic heterocycles. The molecule has 2 aliphatic rings. The summed E-state index contributed by atoms with van der Waals surface area (Å²) in [6.07, 6.45) is 3.36. The molecular formula is C21H27ClN4O2. The van der Waals surface area contributed by atoms with Crippen LogP contribution in [-0.2, 0) is 11.3 Å². The lowest BCUT2D eigenvalue weighted by Gasteiger charge is -2.23. The van der Waals surface area contributed by atoms with Crippen molar-refractivity contribution in [3.05, 3.63) is 41.1 Å². The van der Waals surface area contributed by atoms with Gasteiger partial charge in [-0.3, -0.25) is 14.6 Å². The van der Waals surface area contributed by atoms with Crippen molar-refractivity contribution >= 4 is 17.5 Å². The highest BCUT2D eigenvalue weighted by Crippen LogP contribution is 2.22. The molecule has 0 N–H and O–H groups in total. The van der Waals surface area contributed by atoms with Gasteiger partial charge in [-0.1, -0.05) is 28.9 Å². The predicted molar refractivity (Wildman–Crippen MR) is 109 cm³/mol. The molecule has 7 heteroatoms. The van der Waals surface area contributed by atoms with Crippen molar-refractivity contribution in [1.82, 2.24) is 19.9 Å². The highest BCUT2D eigenvalue weighted by molar-refractivity contribution is 6.30. The molecule has 0 atom stereocenters. The van der Waals surface area contributed by atoms with Crippen LogP contribution in [0.2, 0.25) is 5.02 Å². The standard InChI is InChI=1S/C21H27ClN4O2/c22-18-6-4-17(5-7-18)20-14-19(28-23-20)15-24-8-3-9-25(13-12-24)16-21(27)26-10-1-2-11-26/h4-7,14H,1-3,8-13,15-16H2. The molecule has 0 bridgehead atoms. The zero-order chi connectivity index (χ0) is 19.3. The number of benzene rings is 1. The molecule has 28 heavy (non-hydrogen) atoms. The van der Waals surface area contributed by atoms with Gasteiger partial charge in [0.25, 0.3) is 0 Å². The number of nitrogens with zero attached hydrogens (tertiary/aromatic N) is 4. The van der Waals surface area contributed by atoms with E-state index in [1.54, 1.807) is 0 Å². The number of rotatable bonds is 5. The van der Waals surface area contributed by atoms with Gasteiger partial charge in [0, 0.05) is 42.8 Å². The summed E-state index contributed by atoms with van der Waals surface area (Å²) in [5, 5.41) is 4.91.